The van der Waals surface area contributed by atoms with Crippen LogP contribution >= 0.6 is 11.6 Å². The molecule has 0 fully saturated rings. The Morgan fingerprint density at radius 2 is 1.91 bits per heavy atom. The molecule has 0 spiro atoms. The predicted molar refractivity (Wildman–Crippen MR) is 48.6 cm³/mol. The van der Waals surface area contributed by atoms with Crippen molar-refractivity contribution in [3.8, 4) is 0 Å². The molecule has 58 valence electrons. The van der Waals surface area contributed by atoms with Crippen LogP contribution in [0.4, 0.5) is 0 Å². The Morgan fingerprint density at radius 3 is 2.36 bits per heavy atom. The molecule has 0 aliphatic heterocycles. The Kier molecular flexibility index (Phi) is 2.66. The summed E-state index contributed by atoms with van der Waals surface area (Å²) < 4.78 is 0. The maximum atomic E-state index is 7.25. The third-order valence-corrected chi connectivity index (χ3v) is 1.63. The van der Waals surface area contributed by atoms with Crippen molar-refractivity contribution in [1.82, 2.24) is 0 Å². The van der Waals surface area contributed by atoms with E-state index in [9.17, 15) is 0 Å². The zero-order chi connectivity index (χ0) is 8.27. The summed E-state index contributed by atoms with van der Waals surface area (Å²) in [5.74, 6) is 0. The summed E-state index contributed by atoms with van der Waals surface area (Å²) in [6.07, 6.45) is 0.719. The summed E-state index contributed by atoms with van der Waals surface area (Å²) in [5.41, 5.74) is 1.81. The first-order chi connectivity index (χ1) is 5.18. The van der Waals surface area contributed by atoms with Gasteiger partial charge in [-0.3, -0.25) is 0 Å². The standard InChI is InChI=1S/C9H10ClN/c1-7(11)6-8-2-4-9(10)5-3-8/h2-5,11H,6H2,1H3. The topological polar surface area (TPSA) is 23.9 Å². The van der Waals surface area contributed by atoms with Gasteiger partial charge in [-0.15, -0.1) is 0 Å². The van der Waals surface area contributed by atoms with Gasteiger partial charge in [0.05, 0.1) is 0 Å². The van der Waals surface area contributed by atoms with E-state index in [4.69, 9.17) is 17.0 Å². The summed E-state index contributed by atoms with van der Waals surface area (Å²) in [5, 5.41) is 8.00. The van der Waals surface area contributed by atoms with Gasteiger partial charge < -0.3 is 5.41 Å². The fraction of sp³-hybridized carbons (Fsp3) is 0.222. The molecule has 0 bridgehead atoms. The maximum absolute atomic E-state index is 7.25. The Hall–Kier alpha value is -0.820. The van der Waals surface area contributed by atoms with E-state index in [1.54, 1.807) is 6.92 Å². The summed E-state index contributed by atoms with van der Waals surface area (Å²) in [7, 11) is 0. The largest absolute Gasteiger partial charge is 0.310 e. The first kappa shape index (κ1) is 8.28. The molecule has 2 heteroatoms. The van der Waals surface area contributed by atoms with Gasteiger partial charge >= 0.3 is 0 Å². The fourth-order valence-electron chi connectivity index (χ4n) is 0.908. The first-order valence-corrected chi connectivity index (χ1v) is 3.85. The van der Waals surface area contributed by atoms with E-state index in [2.05, 4.69) is 0 Å². The zero-order valence-corrected chi connectivity index (χ0v) is 7.15. The van der Waals surface area contributed by atoms with Crippen LogP contribution in [0, 0.1) is 5.41 Å². The van der Waals surface area contributed by atoms with E-state index >= 15 is 0 Å². The SMILES string of the molecule is CC(=N)Cc1ccc(Cl)cc1. The van der Waals surface area contributed by atoms with Crippen molar-refractivity contribution in [2.45, 2.75) is 13.3 Å². The van der Waals surface area contributed by atoms with Crippen LogP contribution in [0.15, 0.2) is 24.3 Å². The van der Waals surface area contributed by atoms with Gasteiger partial charge in [-0.1, -0.05) is 23.7 Å². The maximum Gasteiger partial charge on any atom is 0.0406 e. The highest BCUT2D eigenvalue weighted by Gasteiger charge is 1.93. The highest BCUT2D eigenvalue weighted by Crippen LogP contribution is 2.09. The smallest absolute Gasteiger partial charge is 0.0406 e. The van der Waals surface area contributed by atoms with E-state index < -0.39 is 0 Å². The van der Waals surface area contributed by atoms with Gasteiger partial charge in [0.1, 0.15) is 0 Å². The summed E-state index contributed by atoms with van der Waals surface area (Å²) in [6, 6.07) is 7.58. The van der Waals surface area contributed by atoms with Crippen molar-refractivity contribution >= 4 is 17.3 Å². The molecule has 1 aromatic rings. The summed E-state index contributed by atoms with van der Waals surface area (Å²) in [6.45, 7) is 1.80. The van der Waals surface area contributed by atoms with Crippen molar-refractivity contribution < 1.29 is 0 Å². The molecular weight excluding hydrogens is 158 g/mol. The molecule has 0 saturated heterocycles. The van der Waals surface area contributed by atoms with Crippen molar-refractivity contribution in [3.05, 3.63) is 34.9 Å². The number of hydrogen-bond acceptors (Lipinski definition) is 1. The second-order valence-electron chi connectivity index (χ2n) is 2.58. The third-order valence-electron chi connectivity index (χ3n) is 1.38. The quantitative estimate of drug-likeness (QED) is 0.655. The average molecular weight is 168 g/mol. The molecule has 1 rings (SSSR count). The molecule has 11 heavy (non-hydrogen) atoms. The molecule has 0 aliphatic rings. The summed E-state index contributed by atoms with van der Waals surface area (Å²) >= 11 is 5.69. The van der Waals surface area contributed by atoms with Crippen molar-refractivity contribution in [2.75, 3.05) is 0 Å². The second kappa shape index (κ2) is 3.54. The van der Waals surface area contributed by atoms with Crippen LogP contribution in [0.2, 0.25) is 5.02 Å². The van der Waals surface area contributed by atoms with Crippen LogP contribution in [-0.4, -0.2) is 5.71 Å². The minimum atomic E-state index is 0.673. The van der Waals surface area contributed by atoms with E-state index in [0.29, 0.717) is 5.71 Å². The minimum absolute atomic E-state index is 0.673. The molecule has 0 saturated carbocycles. The lowest BCUT2D eigenvalue weighted by Crippen LogP contribution is -1.93. The molecule has 0 amide bonds. The summed E-state index contributed by atoms with van der Waals surface area (Å²) in [4.78, 5) is 0. The molecule has 0 heterocycles. The van der Waals surface area contributed by atoms with E-state index in [1.165, 1.54) is 0 Å². The lowest BCUT2D eigenvalue weighted by molar-refractivity contribution is 1.27. The van der Waals surface area contributed by atoms with Crippen LogP contribution in [-0.2, 0) is 6.42 Å². The Balaban J connectivity index is 2.74. The normalized spacial score (nSPS) is 9.64. The fourth-order valence-corrected chi connectivity index (χ4v) is 1.03. The molecule has 0 aliphatic carbocycles. The molecule has 1 nitrogen and oxygen atoms in total. The second-order valence-corrected chi connectivity index (χ2v) is 3.02. The van der Waals surface area contributed by atoms with Crippen LogP contribution in [0.3, 0.4) is 0 Å². The van der Waals surface area contributed by atoms with Crippen molar-refractivity contribution in [2.24, 2.45) is 0 Å². The van der Waals surface area contributed by atoms with Gasteiger partial charge in [0.2, 0.25) is 0 Å². The first-order valence-electron chi connectivity index (χ1n) is 3.47. The van der Waals surface area contributed by atoms with Gasteiger partial charge in [0.25, 0.3) is 0 Å². The Morgan fingerprint density at radius 1 is 1.36 bits per heavy atom. The molecule has 0 unspecified atom stereocenters. The lowest BCUT2D eigenvalue weighted by Gasteiger charge is -1.97. The minimum Gasteiger partial charge on any atom is -0.310 e. The van der Waals surface area contributed by atoms with Gasteiger partial charge in [0, 0.05) is 17.2 Å². The number of rotatable bonds is 2. The average Bonchev–Trinajstić information content (AvgIpc) is 1.93. The van der Waals surface area contributed by atoms with Crippen molar-refractivity contribution in [1.29, 1.82) is 5.41 Å². The third kappa shape index (κ3) is 2.72. The van der Waals surface area contributed by atoms with Gasteiger partial charge in [-0.05, 0) is 24.6 Å². The molecule has 1 aromatic carbocycles. The number of halogens is 1. The molecule has 1 N–H and O–H groups in total. The van der Waals surface area contributed by atoms with Crippen LogP contribution in [0.5, 0.6) is 0 Å². The molecular formula is C9H10ClN. The van der Waals surface area contributed by atoms with E-state index in [-0.39, 0.29) is 0 Å². The number of hydrogen-bond donors (Lipinski definition) is 1. The van der Waals surface area contributed by atoms with Crippen LogP contribution in [0.25, 0.3) is 0 Å². The zero-order valence-electron chi connectivity index (χ0n) is 6.39. The van der Waals surface area contributed by atoms with Gasteiger partial charge in [-0.2, -0.15) is 0 Å². The molecule has 0 atom stereocenters. The molecule has 0 radical (unpaired) electrons. The predicted octanol–water partition coefficient (Wildman–Crippen LogP) is 2.92. The Labute approximate surface area is 71.5 Å². The van der Waals surface area contributed by atoms with Crippen LogP contribution < -0.4 is 0 Å². The Bertz CT molecular complexity index is 251. The van der Waals surface area contributed by atoms with Crippen molar-refractivity contribution in [3.63, 3.8) is 0 Å². The van der Waals surface area contributed by atoms with E-state index in [1.807, 2.05) is 24.3 Å². The van der Waals surface area contributed by atoms with Gasteiger partial charge in [0.15, 0.2) is 0 Å². The number of nitrogens with one attached hydrogen (secondary N) is 1. The van der Waals surface area contributed by atoms with E-state index in [0.717, 1.165) is 17.0 Å². The molecule has 0 aromatic heterocycles. The highest BCUT2D eigenvalue weighted by molar-refractivity contribution is 6.30. The number of benzene rings is 1. The monoisotopic (exact) mass is 167 g/mol. The van der Waals surface area contributed by atoms with Gasteiger partial charge in [-0.25, -0.2) is 0 Å². The highest BCUT2D eigenvalue weighted by atomic mass is 35.5. The van der Waals surface area contributed by atoms with Crippen LogP contribution in [0.1, 0.15) is 12.5 Å². The lowest BCUT2D eigenvalue weighted by atomic mass is 10.1.